The van der Waals surface area contributed by atoms with E-state index in [-0.39, 0.29) is 5.91 Å². The van der Waals surface area contributed by atoms with Gasteiger partial charge in [0.2, 0.25) is 0 Å². The van der Waals surface area contributed by atoms with Gasteiger partial charge in [-0.05, 0) is 31.2 Å². The molecule has 0 spiro atoms. The molecule has 0 bridgehead atoms. The van der Waals surface area contributed by atoms with E-state index in [2.05, 4.69) is 0 Å². The molecular weight excluding hydrogens is 254 g/mol. The van der Waals surface area contributed by atoms with Gasteiger partial charge in [-0.2, -0.15) is 0 Å². The van der Waals surface area contributed by atoms with Crippen LogP contribution in [0.1, 0.15) is 21.7 Å². The van der Waals surface area contributed by atoms with Crippen LogP contribution in [0, 0.1) is 6.92 Å². The smallest absolute Gasteiger partial charge is 0.254 e. The van der Waals surface area contributed by atoms with Crippen LogP contribution in [0.25, 0.3) is 0 Å². The van der Waals surface area contributed by atoms with Crippen LogP contribution in [0.5, 0.6) is 0 Å². The van der Waals surface area contributed by atoms with Crippen molar-refractivity contribution in [1.29, 1.82) is 0 Å². The summed E-state index contributed by atoms with van der Waals surface area (Å²) < 4.78 is 10.4. The quantitative estimate of drug-likeness (QED) is 0.812. The van der Waals surface area contributed by atoms with Crippen molar-refractivity contribution in [2.45, 2.75) is 13.5 Å². The van der Waals surface area contributed by atoms with Crippen molar-refractivity contribution in [1.82, 2.24) is 4.90 Å². The average Bonchev–Trinajstić information content (AvgIpc) is 2.95. The zero-order chi connectivity index (χ0) is 14.4. The molecule has 106 valence electrons. The summed E-state index contributed by atoms with van der Waals surface area (Å²) in [4.78, 5) is 14.3. The number of benzene rings is 1. The maximum atomic E-state index is 12.6. The van der Waals surface area contributed by atoms with E-state index >= 15 is 0 Å². The van der Waals surface area contributed by atoms with E-state index in [4.69, 9.17) is 9.15 Å². The molecule has 4 heteroatoms. The minimum Gasteiger partial charge on any atom is -0.467 e. The molecule has 1 aromatic heterocycles. The molecule has 1 aromatic carbocycles. The van der Waals surface area contributed by atoms with Gasteiger partial charge in [0.05, 0.1) is 19.4 Å². The highest BCUT2D eigenvalue weighted by Crippen LogP contribution is 2.12. The van der Waals surface area contributed by atoms with Gasteiger partial charge in [0, 0.05) is 19.2 Å². The van der Waals surface area contributed by atoms with Gasteiger partial charge in [-0.15, -0.1) is 0 Å². The van der Waals surface area contributed by atoms with E-state index in [1.165, 1.54) is 0 Å². The monoisotopic (exact) mass is 273 g/mol. The zero-order valence-corrected chi connectivity index (χ0v) is 11.8. The van der Waals surface area contributed by atoms with E-state index in [0.29, 0.717) is 25.3 Å². The van der Waals surface area contributed by atoms with Crippen molar-refractivity contribution >= 4 is 5.91 Å². The Hall–Kier alpha value is -2.07. The number of furan rings is 1. The normalized spacial score (nSPS) is 10.5. The van der Waals surface area contributed by atoms with Crippen LogP contribution in [0.2, 0.25) is 0 Å². The van der Waals surface area contributed by atoms with E-state index in [9.17, 15) is 4.79 Å². The van der Waals surface area contributed by atoms with Crippen LogP contribution in [0.15, 0.2) is 47.1 Å². The molecule has 4 nitrogen and oxygen atoms in total. The molecule has 2 rings (SSSR count). The fourth-order valence-corrected chi connectivity index (χ4v) is 2.01. The summed E-state index contributed by atoms with van der Waals surface area (Å²) in [7, 11) is 1.63. The second kappa shape index (κ2) is 6.91. The predicted molar refractivity (Wildman–Crippen MR) is 76.5 cm³/mol. The maximum Gasteiger partial charge on any atom is 0.254 e. The molecular formula is C16H19NO3. The van der Waals surface area contributed by atoms with Crippen LogP contribution in [-0.2, 0) is 11.3 Å². The van der Waals surface area contributed by atoms with E-state index in [1.807, 2.05) is 43.3 Å². The standard InChI is InChI=1S/C16H19NO3/c1-13-5-3-6-14(11-13)16(18)17(8-10-19-2)12-15-7-4-9-20-15/h3-7,9,11H,8,10,12H2,1-2H3. The van der Waals surface area contributed by atoms with Crippen LogP contribution in [0.4, 0.5) is 0 Å². The lowest BCUT2D eigenvalue weighted by atomic mass is 10.1. The number of nitrogens with zero attached hydrogens (tertiary/aromatic N) is 1. The Balaban J connectivity index is 2.14. The number of rotatable bonds is 6. The van der Waals surface area contributed by atoms with Crippen LogP contribution in [0.3, 0.4) is 0 Å². The molecule has 1 amide bonds. The predicted octanol–water partition coefficient (Wildman–Crippen LogP) is 2.88. The minimum absolute atomic E-state index is 0.0119. The van der Waals surface area contributed by atoms with Gasteiger partial charge in [-0.3, -0.25) is 4.79 Å². The van der Waals surface area contributed by atoms with Gasteiger partial charge in [-0.25, -0.2) is 0 Å². The van der Waals surface area contributed by atoms with Gasteiger partial charge in [0.15, 0.2) is 0 Å². The van der Waals surface area contributed by atoms with Gasteiger partial charge in [0.25, 0.3) is 5.91 Å². The number of aryl methyl sites for hydroxylation is 1. The molecule has 0 saturated carbocycles. The van der Waals surface area contributed by atoms with Crippen LogP contribution in [-0.4, -0.2) is 31.1 Å². The number of ether oxygens (including phenoxy) is 1. The average molecular weight is 273 g/mol. The van der Waals surface area contributed by atoms with Crippen molar-refractivity contribution in [3.63, 3.8) is 0 Å². The lowest BCUT2D eigenvalue weighted by Crippen LogP contribution is -2.33. The molecule has 20 heavy (non-hydrogen) atoms. The van der Waals surface area contributed by atoms with Crippen molar-refractivity contribution in [2.75, 3.05) is 20.3 Å². The summed E-state index contributed by atoms with van der Waals surface area (Å²) in [5.41, 5.74) is 1.76. The number of carbonyl (C=O) groups excluding carboxylic acids is 1. The number of methoxy groups -OCH3 is 1. The first kappa shape index (κ1) is 14.3. The Bertz CT molecular complexity index is 549. The molecule has 2 aromatic rings. The Morgan fingerprint density at radius 1 is 1.30 bits per heavy atom. The highest BCUT2D eigenvalue weighted by Gasteiger charge is 2.17. The molecule has 1 heterocycles. The van der Waals surface area contributed by atoms with E-state index < -0.39 is 0 Å². The largest absolute Gasteiger partial charge is 0.467 e. The number of hydrogen-bond acceptors (Lipinski definition) is 3. The molecule has 0 radical (unpaired) electrons. The van der Waals surface area contributed by atoms with Gasteiger partial charge in [0.1, 0.15) is 5.76 Å². The van der Waals surface area contributed by atoms with Crippen molar-refractivity contribution < 1.29 is 13.9 Å². The Labute approximate surface area is 119 Å². The van der Waals surface area contributed by atoms with Crippen molar-refractivity contribution in [3.8, 4) is 0 Å². The summed E-state index contributed by atoms with van der Waals surface area (Å²) in [6.45, 7) is 3.45. The molecule has 0 aliphatic heterocycles. The van der Waals surface area contributed by atoms with Gasteiger partial charge < -0.3 is 14.1 Å². The Morgan fingerprint density at radius 2 is 2.15 bits per heavy atom. The lowest BCUT2D eigenvalue weighted by Gasteiger charge is -2.21. The SMILES string of the molecule is COCCN(Cc1ccco1)C(=O)c1cccc(C)c1. The second-order valence-corrected chi connectivity index (χ2v) is 4.67. The number of amides is 1. The molecule has 0 unspecified atom stereocenters. The topological polar surface area (TPSA) is 42.7 Å². The van der Waals surface area contributed by atoms with Crippen LogP contribution >= 0.6 is 0 Å². The Kier molecular flexibility index (Phi) is 4.96. The summed E-state index contributed by atoms with van der Waals surface area (Å²) >= 11 is 0. The first-order valence-electron chi connectivity index (χ1n) is 6.58. The highest BCUT2D eigenvalue weighted by atomic mass is 16.5. The number of hydrogen-bond donors (Lipinski definition) is 0. The lowest BCUT2D eigenvalue weighted by molar-refractivity contribution is 0.0666. The van der Waals surface area contributed by atoms with E-state index in [1.54, 1.807) is 18.3 Å². The summed E-state index contributed by atoms with van der Waals surface area (Å²) in [5, 5.41) is 0. The molecule has 0 aliphatic carbocycles. The third-order valence-corrected chi connectivity index (χ3v) is 3.04. The summed E-state index contributed by atoms with van der Waals surface area (Å²) in [5.74, 6) is 0.754. The van der Waals surface area contributed by atoms with Crippen molar-refractivity contribution in [3.05, 3.63) is 59.5 Å². The third-order valence-electron chi connectivity index (χ3n) is 3.04. The molecule has 0 saturated heterocycles. The summed E-state index contributed by atoms with van der Waals surface area (Å²) in [6.07, 6.45) is 1.61. The Morgan fingerprint density at radius 3 is 2.80 bits per heavy atom. The number of carbonyl (C=O) groups is 1. The maximum absolute atomic E-state index is 12.6. The minimum atomic E-state index is -0.0119. The van der Waals surface area contributed by atoms with Crippen molar-refractivity contribution in [2.24, 2.45) is 0 Å². The van der Waals surface area contributed by atoms with E-state index in [0.717, 1.165) is 11.3 Å². The van der Waals surface area contributed by atoms with Gasteiger partial charge in [-0.1, -0.05) is 17.7 Å². The van der Waals surface area contributed by atoms with Gasteiger partial charge >= 0.3 is 0 Å². The zero-order valence-electron chi connectivity index (χ0n) is 11.8. The highest BCUT2D eigenvalue weighted by molar-refractivity contribution is 5.94. The molecule has 0 aliphatic rings. The first-order valence-corrected chi connectivity index (χ1v) is 6.58. The third kappa shape index (κ3) is 3.71. The fraction of sp³-hybridized carbons (Fsp3) is 0.312. The van der Waals surface area contributed by atoms with Crippen LogP contribution < -0.4 is 0 Å². The fourth-order valence-electron chi connectivity index (χ4n) is 2.01. The molecule has 0 atom stereocenters. The molecule has 0 N–H and O–H groups in total. The first-order chi connectivity index (χ1) is 9.70. The summed E-state index contributed by atoms with van der Waals surface area (Å²) in [6, 6.07) is 11.3. The molecule has 0 fully saturated rings. The second-order valence-electron chi connectivity index (χ2n) is 4.67.